The largest absolute Gasteiger partial charge is 0.478 e. The average molecular weight is 295 g/mol. The molecule has 0 unspecified atom stereocenters. The number of nitrogens with one attached hydrogen (secondary N) is 1. The van der Waals surface area contributed by atoms with Gasteiger partial charge in [-0.15, -0.1) is 0 Å². The van der Waals surface area contributed by atoms with Crippen LogP contribution in [0.2, 0.25) is 0 Å². The van der Waals surface area contributed by atoms with Gasteiger partial charge in [-0.1, -0.05) is 12.1 Å². The molecule has 0 aliphatic heterocycles. The lowest BCUT2D eigenvalue weighted by Gasteiger charge is -2.12. The Kier molecular flexibility index (Phi) is 3.49. The Hall–Kier alpha value is -2.35. The lowest BCUT2D eigenvalue weighted by Crippen LogP contribution is -2.16. The fourth-order valence-electron chi connectivity index (χ4n) is 1.71. The van der Waals surface area contributed by atoms with Crippen molar-refractivity contribution in [2.45, 2.75) is 11.8 Å². The molecule has 0 bridgehead atoms. The Balaban J connectivity index is 2.47. The first-order chi connectivity index (χ1) is 9.31. The van der Waals surface area contributed by atoms with E-state index in [0.717, 1.165) is 0 Å². The number of benzene rings is 1. The van der Waals surface area contributed by atoms with Gasteiger partial charge in [0.1, 0.15) is 4.90 Å². The first-order valence-electron chi connectivity index (χ1n) is 5.65. The van der Waals surface area contributed by atoms with Gasteiger partial charge in [0.25, 0.3) is 10.0 Å². The summed E-state index contributed by atoms with van der Waals surface area (Å²) >= 11 is 0. The second-order valence-corrected chi connectivity index (χ2v) is 5.94. The molecule has 0 spiro atoms. The summed E-state index contributed by atoms with van der Waals surface area (Å²) in [5, 5.41) is 12.9. The minimum atomic E-state index is -3.87. The standard InChI is InChI=1S/C12H13N3O4S/c1-8-4-3-5-10(12(16)17)11(8)14-20(18,19)9-6-13-15(2)7-9/h3-7,14H,1-2H3,(H,16,17). The first kappa shape index (κ1) is 14.1. The highest BCUT2D eigenvalue weighted by Crippen LogP contribution is 2.24. The molecule has 2 N–H and O–H groups in total. The molecule has 20 heavy (non-hydrogen) atoms. The van der Waals surface area contributed by atoms with E-state index in [0.29, 0.717) is 5.56 Å². The maximum absolute atomic E-state index is 12.2. The molecular weight excluding hydrogens is 282 g/mol. The number of sulfonamides is 1. The van der Waals surface area contributed by atoms with E-state index in [-0.39, 0.29) is 16.1 Å². The van der Waals surface area contributed by atoms with E-state index in [4.69, 9.17) is 5.11 Å². The van der Waals surface area contributed by atoms with Gasteiger partial charge in [-0.2, -0.15) is 5.10 Å². The molecule has 1 aromatic heterocycles. The smallest absolute Gasteiger partial charge is 0.337 e. The van der Waals surface area contributed by atoms with E-state index in [1.165, 1.54) is 23.1 Å². The van der Waals surface area contributed by atoms with E-state index in [9.17, 15) is 13.2 Å². The van der Waals surface area contributed by atoms with Crippen molar-refractivity contribution in [2.24, 2.45) is 7.05 Å². The molecule has 0 saturated heterocycles. The van der Waals surface area contributed by atoms with Crippen LogP contribution in [0.3, 0.4) is 0 Å². The predicted octanol–water partition coefficient (Wildman–Crippen LogP) is 1.23. The minimum Gasteiger partial charge on any atom is -0.478 e. The fourth-order valence-corrected chi connectivity index (χ4v) is 2.85. The lowest BCUT2D eigenvalue weighted by molar-refractivity contribution is 0.0698. The molecule has 106 valence electrons. The highest BCUT2D eigenvalue weighted by atomic mass is 32.2. The van der Waals surface area contributed by atoms with Crippen molar-refractivity contribution < 1.29 is 18.3 Å². The van der Waals surface area contributed by atoms with E-state index in [2.05, 4.69) is 9.82 Å². The predicted molar refractivity (Wildman–Crippen MR) is 72.2 cm³/mol. The Labute approximate surface area is 115 Å². The van der Waals surface area contributed by atoms with Gasteiger partial charge in [-0.25, -0.2) is 13.2 Å². The van der Waals surface area contributed by atoms with Crippen LogP contribution < -0.4 is 4.72 Å². The number of nitrogens with zero attached hydrogens (tertiary/aromatic N) is 2. The topological polar surface area (TPSA) is 101 Å². The van der Waals surface area contributed by atoms with E-state index in [1.54, 1.807) is 26.1 Å². The number of anilines is 1. The summed E-state index contributed by atoms with van der Waals surface area (Å²) in [7, 11) is -2.27. The third kappa shape index (κ3) is 2.64. The van der Waals surface area contributed by atoms with Crippen LogP contribution in [0.4, 0.5) is 5.69 Å². The molecule has 8 heteroatoms. The fraction of sp³-hybridized carbons (Fsp3) is 0.167. The summed E-state index contributed by atoms with van der Waals surface area (Å²) in [6.07, 6.45) is 2.53. The van der Waals surface area contributed by atoms with Gasteiger partial charge in [0.05, 0.1) is 17.4 Å². The summed E-state index contributed by atoms with van der Waals surface area (Å²) in [6, 6.07) is 4.53. The highest BCUT2D eigenvalue weighted by molar-refractivity contribution is 7.92. The number of aryl methyl sites for hydroxylation is 2. The normalized spacial score (nSPS) is 11.3. The van der Waals surface area contributed by atoms with Crippen LogP contribution >= 0.6 is 0 Å². The van der Waals surface area contributed by atoms with Gasteiger partial charge in [0.2, 0.25) is 0 Å². The number of aromatic carboxylic acids is 1. The third-order valence-electron chi connectivity index (χ3n) is 2.73. The van der Waals surface area contributed by atoms with Crippen molar-refractivity contribution in [1.82, 2.24) is 9.78 Å². The maximum Gasteiger partial charge on any atom is 0.337 e. The molecule has 0 fully saturated rings. The zero-order valence-corrected chi connectivity index (χ0v) is 11.7. The summed E-state index contributed by atoms with van der Waals surface area (Å²) in [4.78, 5) is 11.1. The van der Waals surface area contributed by atoms with Gasteiger partial charge in [0, 0.05) is 13.2 Å². The molecule has 0 radical (unpaired) electrons. The third-order valence-corrected chi connectivity index (χ3v) is 4.04. The second kappa shape index (κ2) is 4.97. The van der Waals surface area contributed by atoms with E-state index >= 15 is 0 Å². The number of aromatic nitrogens is 2. The van der Waals surface area contributed by atoms with Crippen molar-refractivity contribution >= 4 is 21.7 Å². The SMILES string of the molecule is Cc1cccc(C(=O)O)c1NS(=O)(=O)c1cnn(C)c1. The van der Waals surface area contributed by atoms with Crippen LogP contribution in [-0.2, 0) is 17.1 Å². The van der Waals surface area contributed by atoms with Gasteiger partial charge >= 0.3 is 5.97 Å². The monoisotopic (exact) mass is 295 g/mol. The molecule has 2 aromatic rings. The van der Waals surface area contributed by atoms with Crippen LogP contribution in [0.15, 0.2) is 35.5 Å². The molecule has 0 amide bonds. The number of rotatable bonds is 4. The number of para-hydroxylation sites is 1. The summed E-state index contributed by atoms with van der Waals surface area (Å²) in [6.45, 7) is 1.63. The van der Waals surface area contributed by atoms with Crippen molar-refractivity contribution in [3.05, 3.63) is 41.7 Å². The molecule has 0 aliphatic carbocycles. The summed E-state index contributed by atoms with van der Waals surface area (Å²) in [5.41, 5.74) is 0.485. The second-order valence-electron chi connectivity index (χ2n) is 4.26. The molecule has 2 rings (SSSR count). The quantitative estimate of drug-likeness (QED) is 0.883. The van der Waals surface area contributed by atoms with E-state index < -0.39 is 16.0 Å². The Morgan fingerprint density at radius 2 is 2.10 bits per heavy atom. The van der Waals surface area contributed by atoms with Gasteiger partial charge in [0.15, 0.2) is 0 Å². The molecular formula is C12H13N3O4S. The van der Waals surface area contributed by atoms with Crippen LogP contribution in [-0.4, -0.2) is 29.3 Å². The Morgan fingerprint density at radius 1 is 1.40 bits per heavy atom. The van der Waals surface area contributed by atoms with Crippen LogP contribution in [0.25, 0.3) is 0 Å². The van der Waals surface area contributed by atoms with Crippen molar-refractivity contribution in [3.8, 4) is 0 Å². The zero-order valence-electron chi connectivity index (χ0n) is 10.9. The molecule has 1 heterocycles. The number of hydrogen-bond donors (Lipinski definition) is 2. The summed E-state index contributed by atoms with van der Waals surface area (Å²) in [5.74, 6) is -1.20. The highest BCUT2D eigenvalue weighted by Gasteiger charge is 2.21. The number of carboxylic acids is 1. The van der Waals surface area contributed by atoms with Gasteiger partial charge in [-0.05, 0) is 18.6 Å². The maximum atomic E-state index is 12.2. The van der Waals surface area contributed by atoms with Crippen molar-refractivity contribution in [3.63, 3.8) is 0 Å². The molecule has 0 aliphatic rings. The molecule has 1 aromatic carbocycles. The van der Waals surface area contributed by atoms with E-state index in [1.807, 2.05) is 0 Å². The number of carboxylic acid groups (broad SMARTS) is 1. The first-order valence-corrected chi connectivity index (χ1v) is 7.14. The van der Waals surface area contributed by atoms with Gasteiger partial charge in [-0.3, -0.25) is 9.40 Å². The molecule has 0 atom stereocenters. The lowest BCUT2D eigenvalue weighted by atomic mass is 10.1. The van der Waals surface area contributed by atoms with Crippen LogP contribution in [0, 0.1) is 6.92 Å². The average Bonchev–Trinajstić information content (AvgIpc) is 2.79. The minimum absolute atomic E-state index is 0.0282. The molecule has 0 saturated carbocycles. The molecule has 7 nitrogen and oxygen atoms in total. The Bertz CT molecular complexity index is 765. The zero-order chi connectivity index (χ0) is 14.9. The number of carbonyl (C=O) groups is 1. The summed E-state index contributed by atoms with van der Waals surface area (Å²) < 4.78 is 28.0. The van der Waals surface area contributed by atoms with Crippen LogP contribution in [0.5, 0.6) is 0 Å². The van der Waals surface area contributed by atoms with Crippen molar-refractivity contribution in [1.29, 1.82) is 0 Å². The van der Waals surface area contributed by atoms with Crippen molar-refractivity contribution in [2.75, 3.05) is 4.72 Å². The van der Waals surface area contributed by atoms with Gasteiger partial charge < -0.3 is 5.11 Å². The Morgan fingerprint density at radius 3 is 2.65 bits per heavy atom. The number of hydrogen-bond acceptors (Lipinski definition) is 4. The van der Waals surface area contributed by atoms with Crippen LogP contribution in [0.1, 0.15) is 15.9 Å².